The van der Waals surface area contributed by atoms with Crippen molar-refractivity contribution in [2.45, 2.75) is 18.9 Å². The second-order valence-electron chi connectivity index (χ2n) is 7.41. The number of nitrogens with zero attached hydrogens (tertiary/aromatic N) is 1. The number of ether oxygens (including phenoxy) is 1. The lowest BCUT2D eigenvalue weighted by Gasteiger charge is -2.26. The van der Waals surface area contributed by atoms with Crippen molar-refractivity contribution in [2.75, 3.05) is 32.0 Å². The SMILES string of the molecule is N=CC(C=S)c1ccc(N)c(C(=N)C(=N)Cc2cccc(CN3CCOCC3)c2)c1. The summed E-state index contributed by atoms with van der Waals surface area (Å²) >= 11 is 4.99. The summed E-state index contributed by atoms with van der Waals surface area (Å²) in [6, 6.07) is 13.5. The first-order chi connectivity index (χ1) is 14.5. The van der Waals surface area contributed by atoms with Crippen LogP contribution in [0.15, 0.2) is 42.5 Å². The minimum absolute atomic E-state index is 0.0982. The van der Waals surface area contributed by atoms with Crippen LogP contribution in [0.2, 0.25) is 0 Å². The summed E-state index contributed by atoms with van der Waals surface area (Å²) in [5.41, 5.74) is 10.3. The van der Waals surface area contributed by atoms with Crippen LogP contribution in [0.3, 0.4) is 0 Å². The smallest absolute Gasteiger partial charge is 0.0844 e. The first-order valence-electron chi connectivity index (χ1n) is 9.91. The zero-order chi connectivity index (χ0) is 21.5. The molecule has 1 aliphatic heterocycles. The highest BCUT2D eigenvalue weighted by Gasteiger charge is 2.16. The third-order valence-electron chi connectivity index (χ3n) is 5.24. The molecular formula is C23H27N5OS. The Hall–Kier alpha value is -2.74. The van der Waals surface area contributed by atoms with Crippen molar-refractivity contribution in [3.05, 3.63) is 64.7 Å². The van der Waals surface area contributed by atoms with Gasteiger partial charge < -0.3 is 21.3 Å². The average molecular weight is 422 g/mol. The molecule has 1 saturated heterocycles. The molecule has 1 fully saturated rings. The van der Waals surface area contributed by atoms with Crippen LogP contribution in [0.25, 0.3) is 0 Å². The normalized spacial score (nSPS) is 15.3. The third kappa shape index (κ3) is 5.44. The molecule has 0 radical (unpaired) electrons. The summed E-state index contributed by atoms with van der Waals surface area (Å²) in [5, 5.41) is 26.0. The fourth-order valence-corrected chi connectivity index (χ4v) is 3.76. The Balaban J connectivity index is 1.72. The van der Waals surface area contributed by atoms with Crippen LogP contribution in [0.5, 0.6) is 0 Å². The van der Waals surface area contributed by atoms with Gasteiger partial charge >= 0.3 is 0 Å². The number of hydrogen-bond acceptors (Lipinski definition) is 7. The molecule has 30 heavy (non-hydrogen) atoms. The van der Waals surface area contributed by atoms with Gasteiger partial charge in [0, 0.05) is 49.4 Å². The zero-order valence-electron chi connectivity index (χ0n) is 16.9. The maximum absolute atomic E-state index is 8.52. The van der Waals surface area contributed by atoms with E-state index in [4.69, 9.17) is 38.9 Å². The van der Waals surface area contributed by atoms with E-state index >= 15 is 0 Å². The van der Waals surface area contributed by atoms with Crippen molar-refractivity contribution >= 4 is 40.9 Å². The molecule has 5 N–H and O–H groups in total. The number of rotatable bonds is 9. The van der Waals surface area contributed by atoms with E-state index < -0.39 is 0 Å². The van der Waals surface area contributed by atoms with Crippen molar-refractivity contribution < 1.29 is 4.74 Å². The molecule has 1 atom stereocenters. The van der Waals surface area contributed by atoms with Gasteiger partial charge in [-0.25, -0.2) is 0 Å². The lowest BCUT2D eigenvalue weighted by atomic mass is 9.93. The van der Waals surface area contributed by atoms with Crippen molar-refractivity contribution in [1.29, 1.82) is 16.2 Å². The lowest BCUT2D eigenvalue weighted by molar-refractivity contribution is 0.0342. The van der Waals surface area contributed by atoms with Gasteiger partial charge in [-0.1, -0.05) is 42.5 Å². The first kappa shape index (κ1) is 22.0. The Morgan fingerprint density at radius 1 is 1.13 bits per heavy atom. The van der Waals surface area contributed by atoms with E-state index in [-0.39, 0.29) is 17.3 Å². The Morgan fingerprint density at radius 2 is 1.87 bits per heavy atom. The lowest BCUT2D eigenvalue weighted by Crippen LogP contribution is -2.35. The molecule has 0 bridgehead atoms. The van der Waals surface area contributed by atoms with Crippen molar-refractivity contribution in [3.63, 3.8) is 0 Å². The molecule has 1 aliphatic rings. The number of nitrogens with one attached hydrogen (secondary N) is 3. The number of anilines is 1. The molecule has 0 amide bonds. The standard InChI is InChI=1S/C23H27N5OS/c24-13-19(15-30)18-4-5-21(25)20(12-18)23(27)22(26)11-16-2-1-3-17(10-16)14-28-6-8-29-9-7-28/h1-5,10,12-13,15,19,24,26-27H,6-9,11,14,25H2. The van der Waals surface area contributed by atoms with Crippen molar-refractivity contribution in [2.24, 2.45) is 0 Å². The molecule has 1 unspecified atom stereocenters. The Labute approximate surface area is 182 Å². The quantitative estimate of drug-likeness (QED) is 0.282. The monoisotopic (exact) mass is 421 g/mol. The highest BCUT2D eigenvalue weighted by atomic mass is 32.1. The molecule has 0 aromatic heterocycles. The molecule has 6 nitrogen and oxygen atoms in total. The molecule has 1 heterocycles. The van der Waals surface area contributed by atoms with Crippen LogP contribution in [-0.4, -0.2) is 54.2 Å². The summed E-state index contributed by atoms with van der Waals surface area (Å²) in [7, 11) is 0. The summed E-state index contributed by atoms with van der Waals surface area (Å²) in [6.45, 7) is 4.26. The second kappa shape index (κ2) is 10.3. The molecule has 2 aromatic carbocycles. The Morgan fingerprint density at radius 3 is 2.57 bits per heavy atom. The molecule has 7 heteroatoms. The van der Waals surface area contributed by atoms with Gasteiger partial charge in [-0.2, -0.15) is 0 Å². The average Bonchev–Trinajstić information content (AvgIpc) is 2.76. The highest BCUT2D eigenvalue weighted by molar-refractivity contribution is 7.79. The highest BCUT2D eigenvalue weighted by Crippen LogP contribution is 2.21. The van der Waals surface area contributed by atoms with E-state index in [0.717, 1.165) is 44.0 Å². The summed E-state index contributed by atoms with van der Waals surface area (Å²) in [6.07, 6.45) is 1.62. The first-order valence-corrected chi connectivity index (χ1v) is 10.4. The number of nitrogen functional groups attached to an aromatic ring is 1. The van der Waals surface area contributed by atoms with E-state index in [1.54, 1.807) is 12.1 Å². The predicted octanol–water partition coefficient (Wildman–Crippen LogP) is 3.46. The largest absolute Gasteiger partial charge is 0.398 e. The van der Waals surface area contributed by atoms with Crippen LogP contribution < -0.4 is 5.73 Å². The van der Waals surface area contributed by atoms with Gasteiger partial charge in [0.2, 0.25) is 0 Å². The second-order valence-corrected chi connectivity index (χ2v) is 7.69. The van der Waals surface area contributed by atoms with Gasteiger partial charge in [0.05, 0.1) is 24.6 Å². The molecule has 2 aromatic rings. The number of nitrogens with two attached hydrogens (primary N) is 1. The number of morpholine rings is 1. The van der Waals surface area contributed by atoms with Gasteiger partial charge in [0.1, 0.15) is 0 Å². The Kier molecular flexibility index (Phi) is 7.57. The van der Waals surface area contributed by atoms with Gasteiger partial charge in [-0.3, -0.25) is 10.3 Å². The molecule has 0 spiro atoms. The van der Waals surface area contributed by atoms with Gasteiger partial charge in [0.25, 0.3) is 0 Å². The van der Waals surface area contributed by atoms with E-state index in [2.05, 4.69) is 17.0 Å². The molecule has 0 saturated carbocycles. The van der Waals surface area contributed by atoms with Crippen LogP contribution in [0, 0.1) is 16.2 Å². The van der Waals surface area contributed by atoms with Gasteiger partial charge in [-0.15, -0.1) is 0 Å². The van der Waals surface area contributed by atoms with Gasteiger partial charge in [0.15, 0.2) is 0 Å². The van der Waals surface area contributed by atoms with Gasteiger partial charge in [-0.05, 0) is 34.2 Å². The minimum Gasteiger partial charge on any atom is -0.398 e. The fourth-order valence-electron chi connectivity index (χ4n) is 3.52. The maximum atomic E-state index is 8.52. The van der Waals surface area contributed by atoms with Crippen LogP contribution in [0.4, 0.5) is 5.69 Å². The van der Waals surface area contributed by atoms with Crippen molar-refractivity contribution in [3.8, 4) is 0 Å². The number of hydrogen-bond donors (Lipinski definition) is 4. The van der Waals surface area contributed by atoms with E-state index in [0.29, 0.717) is 17.7 Å². The third-order valence-corrected chi connectivity index (χ3v) is 5.53. The summed E-state index contributed by atoms with van der Waals surface area (Å²) in [4.78, 5) is 2.36. The number of benzene rings is 2. The van der Waals surface area contributed by atoms with Crippen LogP contribution in [0.1, 0.15) is 28.2 Å². The molecular weight excluding hydrogens is 394 g/mol. The number of thiocarbonyl (C=S) groups is 1. The molecule has 156 valence electrons. The minimum atomic E-state index is -0.307. The summed E-state index contributed by atoms with van der Waals surface area (Å²) in [5.74, 6) is -0.307. The fraction of sp³-hybridized carbons (Fsp3) is 0.304. The zero-order valence-corrected chi connectivity index (χ0v) is 17.7. The van der Waals surface area contributed by atoms with Crippen LogP contribution >= 0.6 is 12.2 Å². The van der Waals surface area contributed by atoms with Crippen LogP contribution in [-0.2, 0) is 17.7 Å². The van der Waals surface area contributed by atoms with Crippen molar-refractivity contribution in [1.82, 2.24) is 4.90 Å². The summed E-state index contributed by atoms with van der Waals surface area (Å²) < 4.78 is 5.41. The topological polar surface area (TPSA) is 110 Å². The van der Waals surface area contributed by atoms with E-state index in [1.807, 2.05) is 18.2 Å². The predicted molar refractivity (Wildman–Crippen MR) is 127 cm³/mol. The molecule has 3 rings (SSSR count). The van der Waals surface area contributed by atoms with E-state index in [9.17, 15) is 0 Å². The molecule has 0 aliphatic carbocycles. The maximum Gasteiger partial charge on any atom is 0.0844 e. The van der Waals surface area contributed by atoms with E-state index in [1.165, 1.54) is 17.1 Å². The Bertz CT molecular complexity index is 944.